The van der Waals surface area contributed by atoms with E-state index >= 15 is 0 Å². The molecule has 0 saturated carbocycles. The zero-order valence-electron chi connectivity index (χ0n) is 15.8. The molecule has 5 heteroatoms. The van der Waals surface area contributed by atoms with E-state index in [1.165, 1.54) is 24.3 Å². The van der Waals surface area contributed by atoms with Crippen molar-refractivity contribution in [2.45, 2.75) is 12.3 Å². The first-order valence-corrected chi connectivity index (χ1v) is 9.63. The van der Waals surface area contributed by atoms with Crippen LogP contribution in [0.3, 0.4) is 0 Å². The van der Waals surface area contributed by atoms with Gasteiger partial charge in [-0.15, -0.1) is 0 Å². The fraction of sp³-hybridized carbons (Fsp3) is 0.120. The molecular weight excluding hydrogens is 386 g/mol. The van der Waals surface area contributed by atoms with Crippen molar-refractivity contribution in [2.75, 3.05) is 0 Å². The van der Waals surface area contributed by atoms with Crippen molar-refractivity contribution in [3.05, 3.63) is 117 Å². The van der Waals surface area contributed by atoms with E-state index in [0.717, 1.165) is 5.56 Å². The molecule has 1 aliphatic rings. The molecule has 148 valence electrons. The van der Waals surface area contributed by atoms with Crippen LogP contribution in [0, 0.1) is 17.6 Å². The highest BCUT2D eigenvalue weighted by Gasteiger charge is 2.44. The van der Waals surface area contributed by atoms with Crippen molar-refractivity contribution in [2.24, 2.45) is 5.92 Å². The van der Waals surface area contributed by atoms with E-state index in [2.05, 4.69) is 0 Å². The van der Waals surface area contributed by atoms with Gasteiger partial charge in [0.15, 0.2) is 11.2 Å². The number of benzene rings is 3. The molecule has 0 amide bonds. The average molecular weight is 402 g/mol. The number of hydrogen-bond donors (Lipinski definition) is 0. The summed E-state index contributed by atoms with van der Waals surface area (Å²) in [5.74, 6) is -2.16. The summed E-state index contributed by atoms with van der Waals surface area (Å²) in [6, 6.07) is 18.5. The predicted octanol–water partition coefficient (Wildman–Crippen LogP) is 5.26. The predicted molar refractivity (Wildman–Crippen MR) is 109 cm³/mol. The Balaban J connectivity index is 1.71. The monoisotopic (exact) mass is 402 g/mol. The second-order valence-corrected chi connectivity index (χ2v) is 7.50. The molecule has 0 radical (unpaired) electrons. The van der Waals surface area contributed by atoms with E-state index in [4.69, 9.17) is 4.42 Å². The Kier molecular flexibility index (Phi) is 4.31. The van der Waals surface area contributed by atoms with Crippen LogP contribution in [0.15, 0.2) is 82.0 Å². The maximum atomic E-state index is 13.5. The van der Waals surface area contributed by atoms with Crippen LogP contribution in [0.2, 0.25) is 0 Å². The first-order chi connectivity index (χ1) is 14.5. The number of Topliss-reactive ketones (excluding diaryl/α,β-unsaturated/α-hetero) is 1. The largest absolute Gasteiger partial charge is 0.452 e. The molecular formula is C25H16F2O3. The molecule has 4 aromatic rings. The number of hydrogen-bond acceptors (Lipinski definition) is 3. The van der Waals surface area contributed by atoms with Crippen LogP contribution < -0.4 is 5.43 Å². The first-order valence-electron chi connectivity index (χ1n) is 9.63. The molecule has 1 heterocycles. The number of fused-ring (bicyclic) bond motifs is 2. The third kappa shape index (κ3) is 2.94. The van der Waals surface area contributed by atoms with E-state index in [1.54, 1.807) is 48.5 Å². The summed E-state index contributed by atoms with van der Waals surface area (Å²) in [6.45, 7) is 0. The van der Waals surface area contributed by atoms with Gasteiger partial charge in [0.2, 0.25) is 5.78 Å². The van der Waals surface area contributed by atoms with Crippen molar-refractivity contribution in [3.8, 4) is 0 Å². The molecule has 2 atom stereocenters. The molecule has 2 unspecified atom stereocenters. The van der Waals surface area contributed by atoms with E-state index in [-0.39, 0.29) is 22.8 Å². The maximum absolute atomic E-state index is 13.5. The zero-order chi connectivity index (χ0) is 20.8. The lowest BCUT2D eigenvalue weighted by Gasteiger charge is -2.19. The molecule has 1 aliphatic carbocycles. The smallest absolute Gasteiger partial charge is 0.202 e. The van der Waals surface area contributed by atoms with Crippen LogP contribution in [-0.2, 0) is 6.42 Å². The van der Waals surface area contributed by atoms with Crippen molar-refractivity contribution in [1.29, 1.82) is 0 Å². The van der Waals surface area contributed by atoms with Crippen LogP contribution in [0.25, 0.3) is 11.0 Å². The molecule has 30 heavy (non-hydrogen) atoms. The molecule has 5 rings (SSSR count). The normalized spacial score (nSPS) is 18.0. The third-order valence-corrected chi connectivity index (χ3v) is 5.70. The Hall–Kier alpha value is -3.60. The number of carbonyl (C=O) groups excluding carboxylic acids is 1. The molecule has 3 aromatic carbocycles. The molecule has 0 fully saturated rings. The summed E-state index contributed by atoms with van der Waals surface area (Å²) in [5, 5.41) is 0.401. The van der Waals surface area contributed by atoms with E-state index in [0.29, 0.717) is 28.5 Å². The van der Waals surface area contributed by atoms with Crippen LogP contribution in [-0.4, -0.2) is 5.78 Å². The van der Waals surface area contributed by atoms with Gasteiger partial charge in [0.05, 0.1) is 10.9 Å². The number of carbonyl (C=O) groups is 1. The number of rotatable bonds is 3. The van der Waals surface area contributed by atoms with Crippen molar-refractivity contribution >= 4 is 16.8 Å². The fourth-order valence-electron chi connectivity index (χ4n) is 4.30. The van der Waals surface area contributed by atoms with Gasteiger partial charge in [0.1, 0.15) is 17.2 Å². The van der Waals surface area contributed by atoms with Gasteiger partial charge < -0.3 is 4.42 Å². The number of halogens is 2. The second-order valence-electron chi connectivity index (χ2n) is 7.50. The van der Waals surface area contributed by atoms with Gasteiger partial charge in [0.25, 0.3) is 0 Å². The minimum Gasteiger partial charge on any atom is -0.452 e. The molecule has 3 nitrogen and oxygen atoms in total. The fourth-order valence-corrected chi connectivity index (χ4v) is 4.30. The summed E-state index contributed by atoms with van der Waals surface area (Å²) < 4.78 is 32.7. The van der Waals surface area contributed by atoms with Gasteiger partial charge >= 0.3 is 0 Å². The molecule has 0 spiro atoms. The quantitative estimate of drug-likeness (QED) is 0.470. The molecule has 0 saturated heterocycles. The maximum Gasteiger partial charge on any atom is 0.202 e. The Labute approximate surface area is 170 Å². The van der Waals surface area contributed by atoms with Crippen molar-refractivity contribution in [3.63, 3.8) is 0 Å². The lowest BCUT2D eigenvalue weighted by molar-refractivity contribution is 0.0906. The van der Waals surface area contributed by atoms with Gasteiger partial charge in [-0.05, 0) is 53.9 Å². The highest BCUT2D eigenvalue weighted by atomic mass is 19.1. The van der Waals surface area contributed by atoms with Crippen molar-refractivity contribution < 1.29 is 18.0 Å². The minimum atomic E-state index is -0.607. The number of ketones is 1. The van der Waals surface area contributed by atoms with E-state index in [9.17, 15) is 18.4 Å². The molecule has 0 aliphatic heterocycles. The van der Waals surface area contributed by atoms with Gasteiger partial charge in [-0.3, -0.25) is 9.59 Å². The lowest BCUT2D eigenvalue weighted by atomic mass is 9.82. The van der Waals surface area contributed by atoms with Gasteiger partial charge in [-0.2, -0.15) is 0 Å². The van der Waals surface area contributed by atoms with Gasteiger partial charge in [-0.25, -0.2) is 8.78 Å². The Morgan fingerprint density at radius 1 is 0.800 bits per heavy atom. The highest BCUT2D eigenvalue weighted by molar-refractivity contribution is 6.03. The standard InChI is InChI=1S/C25H16F2O3/c26-16-9-5-14(6-10-16)13-19-21(15-7-11-17(27)12-8-15)22-23(28)18-3-1-2-4-20(18)30-25(22)24(19)29/h1-12,19,21H,13H2. The summed E-state index contributed by atoms with van der Waals surface area (Å²) in [5.41, 5.74) is 1.84. The number of para-hydroxylation sites is 1. The average Bonchev–Trinajstić information content (AvgIpc) is 3.03. The van der Waals surface area contributed by atoms with E-state index < -0.39 is 17.7 Å². The van der Waals surface area contributed by atoms with E-state index in [1.807, 2.05) is 0 Å². The zero-order valence-corrected chi connectivity index (χ0v) is 15.8. The summed E-state index contributed by atoms with van der Waals surface area (Å²) in [6.07, 6.45) is 0.307. The second kappa shape index (κ2) is 7.02. The summed E-state index contributed by atoms with van der Waals surface area (Å²) in [7, 11) is 0. The third-order valence-electron chi connectivity index (χ3n) is 5.70. The van der Waals surface area contributed by atoms with Crippen molar-refractivity contribution in [1.82, 2.24) is 0 Å². The molecule has 0 bridgehead atoms. The summed E-state index contributed by atoms with van der Waals surface area (Å²) >= 11 is 0. The topological polar surface area (TPSA) is 47.3 Å². The summed E-state index contributed by atoms with van der Waals surface area (Å²) in [4.78, 5) is 26.7. The molecule has 0 N–H and O–H groups in total. The van der Waals surface area contributed by atoms with Crippen LogP contribution in [0.4, 0.5) is 8.78 Å². The SMILES string of the molecule is O=C1c2oc3ccccc3c(=O)c2C(c2ccc(F)cc2)C1Cc1ccc(F)cc1. The Morgan fingerprint density at radius 3 is 2.13 bits per heavy atom. The van der Waals surface area contributed by atoms with Gasteiger partial charge in [-0.1, -0.05) is 36.4 Å². The first kappa shape index (κ1) is 18.4. The lowest BCUT2D eigenvalue weighted by Crippen LogP contribution is -2.20. The van der Waals surface area contributed by atoms with Crippen LogP contribution in [0.5, 0.6) is 0 Å². The Morgan fingerprint density at radius 2 is 1.43 bits per heavy atom. The van der Waals surface area contributed by atoms with Crippen LogP contribution in [0.1, 0.15) is 33.2 Å². The van der Waals surface area contributed by atoms with Crippen LogP contribution >= 0.6 is 0 Å². The minimum absolute atomic E-state index is 0.0557. The van der Waals surface area contributed by atoms with Gasteiger partial charge in [0, 0.05) is 11.8 Å². The highest BCUT2D eigenvalue weighted by Crippen LogP contribution is 2.43. The molecule has 1 aromatic heterocycles. The Bertz CT molecular complexity index is 1320.